The largest absolute Gasteiger partial charge is 0.374 e. The maximum absolute atomic E-state index is 12.9. The third kappa shape index (κ3) is 4.57. The number of carbonyl (C=O) groups excluding carboxylic acids is 1. The molecule has 1 amide bonds. The first-order valence-corrected chi connectivity index (χ1v) is 9.59. The standard InChI is InChI=1S/C22H27N3O3/c1-13(2)19-10-18(20-15(5)25-28-22(20)24-19)21(26)23-11-16-7-6-8-17(9-16)12-27-14(3)4/h6-10,13-14H,11-12H2,1-5H3,(H,23,26). The fourth-order valence-electron chi connectivity index (χ4n) is 2.96. The second-order valence-electron chi connectivity index (χ2n) is 7.56. The number of rotatable bonds is 7. The zero-order valence-electron chi connectivity index (χ0n) is 17.1. The Kier molecular flexibility index (Phi) is 6.09. The first-order valence-electron chi connectivity index (χ1n) is 9.59. The maximum atomic E-state index is 12.9. The molecular weight excluding hydrogens is 354 g/mol. The quantitative estimate of drug-likeness (QED) is 0.651. The van der Waals surface area contributed by atoms with E-state index in [4.69, 9.17) is 9.26 Å². The highest BCUT2D eigenvalue weighted by molar-refractivity contribution is 6.06. The van der Waals surface area contributed by atoms with E-state index in [9.17, 15) is 4.79 Å². The van der Waals surface area contributed by atoms with Crippen molar-refractivity contribution in [1.82, 2.24) is 15.5 Å². The number of nitrogens with one attached hydrogen (secondary N) is 1. The van der Waals surface area contributed by atoms with Crippen LogP contribution in [-0.4, -0.2) is 22.2 Å². The van der Waals surface area contributed by atoms with Crippen molar-refractivity contribution in [2.45, 2.75) is 59.8 Å². The second-order valence-corrected chi connectivity index (χ2v) is 7.56. The molecular formula is C22H27N3O3. The van der Waals surface area contributed by atoms with Gasteiger partial charge < -0.3 is 14.6 Å². The van der Waals surface area contributed by atoms with Gasteiger partial charge in [0, 0.05) is 12.2 Å². The fraction of sp³-hybridized carbons (Fsp3) is 0.409. The van der Waals surface area contributed by atoms with Gasteiger partial charge in [-0.3, -0.25) is 4.79 Å². The predicted octanol–water partition coefficient (Wildman–Crippen LogP) is 4.51. The molecule has 0 aliphatic heterocycles. The van der Waals surface area contributed by atoms with Crippen molar-refractivity contribution in [3.63, 3.8) is 0 Å². The third-order valence-electron chi connectivity index (χ3n) is 4.50. The first kappa shape index (κ1) is 20.0. The Hall–Kier alpha value is -2.73. The van der Waals surface area contributed by atoms with Crippen LogP contribution in [0.2, 0.25) is 0 Å². The van der Waals surface area contributed by atoms with Gasteiger partial charge in [-0.25, -0.2) is 4.98 Å². The fourth-order valence-corrected chi connectivity index (χ4v) is 2.96. The summed E-state index contributed by atoms with van der Waals surface area (Å²) in [6.07, 6.45) is 0.180. The lowest BCUT2D eigenvalue weighted by Gasteiger charge is -2.11. The second kappa shape index (κ2) is 8.52. The number of benzene rings is 1. The van der Waals surface area contributed by atoms with Crippen LogP contribution in [0, 0.1) is 6.92 Å². The van der Waals surface area contributed by atoms with Crippen LogP contribution in [-0.2, 0) is 17.9 Å². The number of pyridine rings is 1. The number of amides is 1. The summed E-state index contributed by atoms with van der Waals surface area (Å²) in [7, 11) is 0. The van der Waals surface area contributed by atoms with Gasteiger partial charge in [0.25, 0.3) is 11.6 Å². The molecule has 3 aromatic rings. The summed E-state index contributed by atoms with van der Waals surface area (Å²) in [5.74, 6) is 0.0171. The molecule has 0 atom stereocenters. The van der Waals surface area contributed by atoms with Gasteiger partial charge in [0.2, 0.25) is 0 Å². The van der Waals surface area contributed by atoms with Crippen molar-refractivity contribution in [3.05, 3.63) is 58.4 Å². The third-order valence-corrected chi connectivity index (χ3v) is 4.50. The molecule has 1 N–H and O–H groups in total. The highest BCUT2D eigenvalue weighted by Gasteiger charge is 2.19. The minimum Gasteiger partial charge on any atom is -0.374 e. The maximum Gasteiger partial charge on any atom is 0.259 e. The molecule has 28 heavy (non-hydrogen) atoms. The Labute approximate surface area is 165 Å². The van der Waals surface area contributed by atoms with Gasteiger partial charge in [-0.05, 0) is 43.9 Å². The van der Waals surface area contributed by atoms with Crippen LogP contribution in [0.3, 0.4) is 0 Å². The minimum absolute atomic E-state index is 0.163. The Morgan fingerprint density at radius 1 is 1.18 bits per heavy atom. The SMILES string of the molecule is Cc1noc2nc(C(C)C)cc(C(=O)NCc3cccc(COC(C)C)c3)c12. The van der Waals surface area contributed by atoms with Crippen molar-refractivity contribution in [1.29, 1.82) is 0 Å². The van der Waals surface area contributed by atoms with Crippen LogP contribution in [0.5, 0.6) is 0 Å². The molecule has 3 rings (SSSR count). The molecule has 0 aliphatic rings. The molecule has 6 nitrogen and oxygen atoms in total. The Balaban J connectivity index is 1.78. The van der Waals surface area contributed by atoms with Crippen LogP contribution in [0.1, 0.15) is 66.5 Å². The zero-order chi connectivity index (χ0) is 20.3. The topological polar surface area (TPSA) is 77.2 Å². The van der Waals surface area contributed by atoms with E-state index in [2.05, 4.69) is 21.5 Å². The lowest BCUT2D eigenvalue weighted by Crippen LogP contribution is -2.23. The van der Waals surface area contributed by atoms with Gasteiger partial charge in [0.05, 0.1) is 29.4 Å². The zero-order valence-corrected chi connectivity index (χ0v) is 17.1. The summed E-state index contributed by atoms with van der Waals surface area (Å²) in [6.45, 7) is 10.9. The van der Waals surface area contributed by atoms with E-state index >= 15 is 0 Å². The van der Waals surface area contributed by atoms with Crippen molar-refractivity contribution in [3.8, 4) is 0 Å². The van der Waals surface area contributed by atoms with Crippen LogP contribution in [0.15, 0.2) is 34.9 Å². The van der Waals surface area contributed by atoms with E-state index in [0.717, 1.165) is 16.8 Å². The number of ether oxygens (including phenoxy) is 1. The van der Waals surface area contributed by atoms with E-state index < -0.39 is 0 Å². The lowest BCUT2D eigenvalue weighted by atomic mass is 10.0. The molecule has 0 saturated carbocycles. The molecule has 0 radical (unpaired) electrons. The van der Waals surface area contributed by atoms with Crippen LogP contribution in [0.25, 0.3) is 11.1 Å². The van der Waals surface area contributed by atoms with Gasteiger partial charge in [0.1, 0.15) is 0 Å². The number of aryl methyl sites for hydroxylation is 1. The summed E-state index contributed by atoms with van der Waals surface area (Å²) in [4.78, 5) is 17.4. The Morgan fingerprint density at radius 3 is 2.64 bits per heavy atom. The molecule has 0 fully saturated rings. The van der Waals surface area contributed by atoms with Crippen molar-refractivity contribution in [2.75, 3.05) is 0 Å². The number of aromatic nitrogens is 2. The Bertz CT molecular complexity index is 976. The highest BCUT2D eigenvalue weighted by atomic mass is 16.5. The van der Waals surface area contributed by atoms with E-state index in [1.54, 1.807) is 0 Å². The number of nitrogens with zero attached hydrogens (tertiary/aromatic N) is 2. The predicted molar refractivity (Wildman–Crippen MR) is 108 cm³/mol. The van der Waals surface area contributed by atoms with Gasteiger partial charge in [-0.2, -0.15) is 0 Å². The van der Waals surface area contributed by atoms with Gasteiger partial charge in [-0.1, -0.05) is 43.3 Å². The number of hydrogen-bond donors (Lipinski definition) is 1. The molecule has 1 aromatic carbocycles. The molecule has 6 heteroatoms. The van der Waals surface area contributed by atoms with E-state index in [-0.39, 0.29) is 17.9 Å². The molecule has 2 aromatic heterocycles. The van der Waals surface area contributed by atoms with Crippen molar-refractivity contribution < 1.29 is 14.1 Å². The number of carbonyl (C=O) groups is 1. The van der Waals surface area contributed by atoms with E-state index in [1.165, 1.54) is 0 Å². The van der Waals surface area contributed by atoms with Gasteiger partial charge in [0.15, 0.2) is 0 Å². The monoisotopic (exact) mass is 381 g/mol. The van der Waals surface area contributed by atoms with E-state index in [0.29, 0.717) is 35.5 Å². The van der Waals surface area contributed by atoms with Crippen LogP contribution in [0.4, 0.5) is 0 Å². The van der Waals surface area contributed by atoms with E-state index in [1.807, 2.05) is 58.9 Å². The van der Waals surface area contributed by atoms with Crippen molar-refractivity contribution in [2.24, 2.45) is 0 Å². The molecule has 0 bridgehead atoms. The summed E-state index contributed by atoms with van der Waals surface area (Å²) in [5.41, 5.74) is 4.53. The molecule has 0 aliphatic carbocycles. The average Bonchev–Trinajstić information content (AvgIpc) is 3.05. The van der Waals surface area contributed by atoms with Gasteiger partial charge >= 0.3 is 0 Å². The van der Waals surface area contributed by atoms with Gasteiger partial charge in [-0.15, -0.1) is 0 Å². The summed E-state index contributed by atoms with van der Waals surface area (Å²) < 4.78 is 11.0. The number of hydrogen-bond acceptors (Lipinski definition) is 5. The number of fused-ring (bicyclic) bond motifs is 1. The first-order chi connectivity index (χ1) is 13.3. The highest BCUT2D eigenvalue weighted by Crippen LogP contribution is 2.25. The Morgan fingerprint density at radius 2 is 1.93 bits per heavy atom. The smallest absolute Gasteiger partial charge is 0.259 e. The molecule has 0 unspecified atom stereocenters. The lowest BCUT2D eigenvalue weighted by molar-refractivity contribution is 0.0657. The molecule has 0 spiro atoms. The van der Waals surface area contributed by atoms with Crippen molar-refractivity contribution >= 4 is 17.0 Å². The summed E-state index contributed by atoms with van der Waals surface area (Å²) in [6, 6.07) is 9.88. The average molecular weight is 381 g/mol. The van der Waals surface area contributed by atoms with Crippen LogP contribution < -0.4 is 5.32 Å². The normalized spacial score (nSPS) is 11.5. The molecule has 148 valence electrons. The summed E-state index contributed by atoms with van der Waals surface area (Å²) in [5, 5.41) is 7.65. The minimum atomic E-state index is -0.163. The molecule has 0 saturated heterocycles. The molecule has 2 heterocycles. The van der Waals surface area contributed by atoms with Crippen LogP contribution >= 0.6 is 0 Å². The summed E-state index contributed by atoms with van der Waals surface area (Å²) >= 11 is 0.